The van der Waals surface area contributed by atoms with E-state index in [1.807, 2.05) is 44.2 Å². The second-order valence-corrected chi connectivity index (χ2v) is 5.44. The molecule has 0 bridgehead atoms. The van der Waals surface area contributed by atoms with Gasteiger partial charge in [-0.2, -0.15) is 4.98 Å². The highest BCUT2D eigenvalue weighted by molar-refractivity contribution is 6.30. The minimum atomic E-state index is 0.241. The maximum atomic E-state index is 5.87. The van der Waals surface area contributed by atoms with Crippen LogP contribution in [-0.2, 0) is 6.61 Å². The van der Waals surface area contributed by atoms with Crippen LogP contribution in [0.3, 0.4) is 0 Å². The molecule has 0 radical (unpaired) electrons. The number of aryl methyl sites for hydroxylation is 1. The lowest BCUT2D eigenvalue weighted by Crippen LogP contribution is -1.98. The summed E-state index contributed by atoms with van der Waals surface area (Å²) in [7, 11) is 0. The fraction of sp³-hybridized carbons (Fsp3) is 0.176. The topological polar surface area (TPSA) is 48.2 Å². The highest BCUT2D eigenvalue weighted by Crippen LogP contribution is 2.22. The standard InChI is InChI=1S/C17H15ClN2O2/c1-11-4-3-5-15(12(11)2)21-10-16-19-17(20-22-16)13-6-8-14(18)9-7-13/h3-9H,10H2,1-2H3. The van der Waals surface area contributed by atoms with Crippen molar-refractivity contribution in [3.05, 3.63) is 64.5 Å². The molecule has 0 aliphatic carbocycles. The molecule has 0 atom stereocenters. The van der Waals surface area contributed by atoms with Gasteiger partial charge in [-0.1, -0.05) is 28.9 Å². The van der Waals surface area contributed by atoms with Gasteiger partial charge in [0.15, 0.2) is 6.61 Å². The second-order valence-electron chi connectivity index (χ2n) is 5.01. The maximum Gasteiger partial charge on any atom is 0.264 e. The van der Waals surface area contributed by atoms with Crippen LogP contribution in [0.1, 0.15) is 17.0 Å². The van der Waals surface area contributed by atoms with E-state index in [2.05, 4.69) is 10.1 Å². The SMILES string of the molecule is Cc1cccc(OCc2nc(-c3ccc(Cl)cc3)no2)c1C. The first-order valence-corrected chi connectivity index (χ1v) is 7.29. The predicted molar refractivity (Wildman–Crippen MR) is 85.0 cm³/mol. The Morgan fingerprint density at radius 2 is 1.86 bits per heavy atom. The van der Waals surface area contributed by atoms with Gasteiger partial charge in [0.25, 0.3) is 5.89 Å². The molecule has 3 rings (SSSR count). The predicted octanol–water partition coefficient (Wildman–Crippen LogP) is 4.59. The Labute approximate surface area is 133 Å². The van der Waals surface area contributed by atoms with Crippen molar-refractivity contribution in [1.29, 1.82) is 0 Å². The molecule has 22 heavy (non-hydrogen) atoms. The van der Waals surface area contributed by atoms with Gasteiger partial charge in [-0.25, -0.2) is 0 Å². The van der Waals surface area contributed by atoms with Gasteiger partial charge in [0.1, 0.15) is 5.75 Å². The van der Waals surface area contributed by atoms with Gasteiger partial charge in [0.05, 0.1) is 0 Å². The molecule has 0 aliphatic heterocycles. The number of hydrogen-bond acceptors (Lipinski definition) is 4. The normalized spacial score (nSPS) is 10.7. The number of nitrogens with zero attached hydrogens (tertiary/aromatic N) is 2. The molecule has 1 aromatic heterocycles. The van der Waals surface area contributed by atoms with Gasteiger partial charge in [-0.3, -0.25) is 0 Å². The zero-order chi connectivity index (χ0) is 15.5. The summed E-state index contributed by atoms with van der Waals surface area (Å²) in [5.41, 5.74) is 3.15. The maximum absolute atomic E-state index is 5.87. The molecule has 0 spiro atoms. The molecule has 2 aromatic carbocycles. The molecule has 4 nitrogen and oxygen atoms in total. The first-order valence-electron chi connectivity index (χ1n) is 6.91. The number of rotatable bonds is 4. The highest BCUT2D eigenvalue weighted by Gasteiger charge is 2.10. The lowest BCUT2D eigenvalue weighted by Gasteiger charge is -2.08. The number of hydrogen-bond donors (Lipinski definition) is 0. The molecular weight excluding hydrogens is 300 g/mol. The third-order valence-electron chi connectivity index (χ3n) is 3.48. The van der Waals surface area contributed by atoms with E-state index in [-0.39, 0.29) is 6.61 Å². The van der Waals surface area contributed by atoms with Gasteiger partial charge < -0.3 is 9.26 Å². The Balaban J connectivity index is 1.72. The third kappa shape index (κ3) is 3.12. The van der Waals surface area contributed by atoms with Crippen LogP contribution in [-0.4, -0.2) is 10.1 Å². The Hall–Kier alpha value is -2.33. The first-order chi connectivity index (χ1) is 10.6. The Morgan fingerprint density at radius 3 is 2.64 bits per heavy atom. The van der Waals surface area contributed by atoms with E-state index >= 15 is 0 Å². The molecule has 0 saturated carbocycles. The van der Waals surface area contributed by atoms with Gasteiger partial charge in [0.2, 0.25) is 5.82 Å². The van der Waals surface area contributed by atoms with Crippen molar-refractivity contribution < 1.29 is 9.26 Å². The third-order valence-corrected chi connectivity index (χ3v) is 3.73. The van der Waals surface area contributed by atoms with Crippen LogP contribution >= 0.6 is 11.6 Å². The van der Waals surface area contributed by atoms with E-state index in [4.69, 9.17) is 20.9 Å². The summed E-state index contributed by atoms with van der Waals surface area (Å²) in [5, 5.41) is 4.63. The summed E-state index contributed by atoms with van der Waals surface area (Å²) in [6.45, 7) is 4.32. The van der Waals surface area contributed by atoms with Crippen molar-refractivity contribution in [3.63, 3.8) is 0 Å². The van der Waals surface area contributed by atoms with E-state index in [9.17, 15) is 0 Å². The summed E-state index contributed by atoms with van der Waals surface area (Å²) in [4.78, 5) is 4.33. The molecule has 3 aromatic rings. The molecule has 0 fully saturated rings. The smallest absolute Gasteiger partial charge is 0.264 e. The van der Waals surface area contributed by atoms with Crippen LogP contribution < -0.4 is 4.74 Å². The van der Waals surface area contributed by atoms with E-state index in [0.717, 1.165) is 16.9 Å². The zero-order valence-corrected chi connectivity index (χ0v) is 13.1. The van der Waals surface area contributed by atoms with Gasteiger partial charge in [0, 0.05) is 10.6 Å². The second kappa shape index (κ2) is 6.20. The summed E-state index contributed by atoms with van der Waals surface area (Å²) >= 11 is 5.87. The van der Waals surface area contributed by atoms with Gasteiger partial charge in [-0.05, 0) is 55.3 Å². The van der Waals surface area contributed by atoms with Gasteiger partial charge in [-0.15, -0.1) is 0 Å². The van der Waals surface area contributed by atoms with Crippen LogP contribution in [0.25, 0.3) is 11.4 Å². The highest BCUT2D eigenvalue weighted by atomic mass is 35.5. The minimum absolute atomic E-state index is 0.241. The zero-order valence-electron chi connectivity index (χ0n) is 12.3. The van der Waals surface area contributed by atoms with Crippen molar-refractivity contribution in [2.24, 2.45) is 0 Å². The number of ether oxygens (including phenoxy) is 1. The molecule has 0 aliphatic rings. The monoisotopic (exact) mass is 314 g/mol. The Kier molecular flexibility index (Phi) is 4.11. The molecule has 0 unspecified atom stereocenters. The summed E-state index contributed by atoms with van der Waals surface area (Å²) in [5.74, 6) is 1.79. The fourth-order valence-electron chi connectivity index (χ4n) is 2.05. The average Bonchev–Trinajstić information content (AvgIpc) is 2.98. The fourth-order valence-corrected chi connectivity index (χ4v) is 2.18. The largest absolute Gasteiger partial charge is 0.483 e. The lowest BCUT2D eigenvalue weighted by molar-refractivity contribution is 0.241. The number of benzene rings is 2. The molecule has 1 heterocycles. The first kappa shape index (κ1) is 14.6. The van der Waals surface area contributed by atoms with E-state index in [0.29, 0.717) is 16.7 Å². The van der Waals surface area contributed by atoms with Crippen molar-refractivity contribution >= 4 is 11.6 Å². The van der Waals surface area contributed by atoms with Crippen LogP contribution in [0.2, 0.25) is 5.02 Å². The molecule has 0 N–H and O–H groups in total. The molecule has 0 saturated heterocycles. The number of halogens is 1. The van der Waals surface area contributed by atoms with E-state index < -0.39 is 0 Å². The average molecular weight is 315 g/mol. The van der Waals surface area contributed by atoms with Crippen LogP contribution in [0.15, 0.2) is 47.0 Å². The van der Waals surface area contributed by atoms with Crippen LogP contribution in [0, 0.1) is 13.8 Å². The summed E-state index contributed by atoms with van der Waals surface area (Å²) in [6, 6.07) is 13.2. The van der Waals surface area contributed by atoms with Crippen LogP contribution in [0.5, 0.6) is 5.75 Å². The van der Waals surface area contributed by atoms with Crippen molar-refractivity contribution in [3.8, 4) is 17.1 Å². The van der Waals surface area contributed by atoms with Crippen molar-refractivity contribution in [2.45, 2.75) is 20.5 Å². The quantitative estimate of drug-likeness (QED) is 0.707. The molecule has 0 amide bonds. The Bertz CT molecular complexity index is 782. The summed E-state index contributed by atoms with van der Waals surface area (Å²) < 4.78 is 11.0. The number of aromatic nitrogens is 2. The van der Waals surface area contributed by atoms with E-state index in [1.165, 1.54) is 5.56 Å². The van der Waals surface area contributed by atoms with E-state index in [1.54, 1.807) is 12.1 Å². The minimum Gasteiger partial charge on any atom is -0.483 e. The van der Waals surface area contributed by atoms with Crippen molar-refractivity contribution in [1.82, 2.24) is 10.1 Å². The van der Waals surface area contributed by atoms with Crippen LogP contribution in [0.4, 0.5) is 0 Å². The molecular formula is C17H15ClN2O2. The van der Waals surface area contributed by atoms with Gasteiger partial charge >= 0.3 is 0 Å². The lowest BCUT2D eigenvalue weighted by atomic mass is 10.1. The molecule has 112 valence electrons. The Morgan fingerprint density at radius 1 is 1.09 bits per heavy atom. The summed E-state index contributed by atoms with van der Waals surface area (Å²) in [6.07, 6.45) is 0. The molecule has 5 heteroatoms. The van der Waals surface area contributed by atoms with Crippen molar-refractivity contribution in [2.75, 3.05) is 0 Å².